The normalized spacial score (nSPS) is 11.2. The van der Waals surface area contributed by atoms with Gasteiger partial charge in [-0.25, -0.2) is 4.39 Å². The largest absolute Gasteiger partial charge is 0.368 e. The van der Waals surface area contributed by atoms with E-state index in [1.165, 1.54) is 6.07 Å². The second-order valence-electron chi connectivity index (χ2n) is 3.88. The Morgan fingerprint density at radius 1 is 1.35 bits per heavy atom. The van der Waals surface area contributed by atoms with Gasteiger partial charge in [0.2, 0.25) is 5.88 Å². The number of nitrogens with two attached hydrogens (primary N) is 1. The molecule has 5 heteroatoms. The molecule has 86 valence electrons. The molecule has 3 rings (SSSR count). The van der Waals surface area contributed by atoms with Crippen molar-refractivity contribution in [2.45, 2.75) is 0 Å². The molecule has 2 N–H and O–H groups in total. The third kappa shape index (κ3) is 1.39. The van der Waals surface area contributed by atoms with E-state index in [0.717, 1.165) is 11.2 Å². The molecule has 1 aromatic carbocycles. The van der Waals surface area contributed by atoms with Crippen molar-refractivity contribution in [2.75, 3.05) is 5.73 Å². The number of aromatic nitrogens is 2. The Hall–Kier alpha value is -2.30. The van der Waals surface area contributed by atoms with Crippen LogP contribution in [0.15, 0.2) is 34.9 Å². The Labute approximate surface area is 96.4 Å². The van der Waals surface area contributed by atoms with Crippen molar-refractivity contribution in [2.24, 2.45) is 7.05 Å². The minimum absolute atomic E-state index is 0.241. The zero-order valence-corrected chi connectivity index (χ0v) is 9.14. The zero-order valence-electron chi connectivity index (χ0n) is 9.14. The number of halogens is 1. The van der Waals surface area contributed by atoms with Crippen molar-refractivity contribution < 1.29 is 8.91 Å². The molecule has 0 saturated heterocycles. The monoisotopic (exact) mass is 231 g/mol. The molecule has 2 heterocycles. The number of nitrogens with zero attached hydrogens (tertiary/aromatic N) is 2. The number of rotatable bonds is 1. The van der Waals surface area contributed by atoms with Gasteiger partial charge in [0.05, 0.1) is 11.2 Å². The molecule has 0 bridgehead atoms. The fourth-order valence-corrected chi connectivity index (χ4v) is 1.98. The van der Waals surface area contributed by atoms with E-state index in [2.05, 4.69) is 5.16 Å². The maximum atomic E-state index is 13.6. The SMILES string of the molecule is Cn1c(-c2cc(N)on2)cc2c(F)cccc21. The molecular formula is C12H10FN3O. The molecule has 17 heavy (non-hydrogen) atoms. The predicted molar refractivity (Wildman–Crippen MR) is 62.8 cm³/mol. The number of hydrogen-bond acceptors (Lipinski definition) is 3. The van der Waals surface area contributed by atoms with E-state index in [0.29, 0.717) is 11.1 Å². The first-order valence-electron chi connectivity index (χ1n) is 5.13. The first-order chi connectivity index (χ1) is 8.16. The summed E-state index contributed by atoms with van der Waals surface area (Å²) in [6.45, 7) is 0. The quantitative estimate of drug-likeness (QED) is 0.700. The summed E-state index contributed by atoms with van der Waals surface area (Å²) < 4.78 is 20.3. The van der Waals surface area contributed by atoms with Crippen molar-refractivity contribution >= 4 is 16.8 Å². The molecule has 0 amide bonds. The highest BCUT2D eigenvalue weighted by molar-refractivity contribution is 5.86. The van der Waals surface area contributed by atoms with Crippen LogP contribution in [0.3, 0.4) is 0 Å². The van der Waals surface area contributed by atoms with Crippen molar-refractivity contribution in [1.29, 1.82) is 0 Å². The Morgan fingerprint density at radius 3 is 2.82 bits per heavy atom. The van der Waals surface area contributed by atoms with Gasteiger partial charge in [-0.05, 0) is 18.2 Å². The summed E-state index contributed by atoms with van der Waals surface area (Å²) in [5.41, 5.74) is 7.65. The van der Waals surface area contributed by atoms with Gasteiger partial charge in [-0.1, -0.05) is 11.2 Å². The lowest BCUT2D eigenvalue weighted by molar-refractivity contribution is 0.439. The second kappa shape index (κ2) is 3.35. The molecule has 0 spiro atoms. The third-order valence-corrected chi connectivity index (χ3v) is 2.82. The molecular weight excluding hydrogens is 221 g/mol. The Bertz CT molecular complexity index is 699. The first kappa shape index (κ1) is 9.89. The van der Waals surface area contributed by atoms with Gasteiger partial charge in [0, 0.05) is 18.5 Å². The highest BCUT2D eigenvalue weighted by Crippen LogP contribution is 2.28. The molecule has 0 unspecified atom stereocenters. The molecule has 0 fully saturated rings. The summed E-state index contributed by atoms with van der Waals surface area (Å²) in [7, 11) is 1.85. The number of fused-ring (bicyclic) bond motifs is 1. The third-order valence-electron chi connectivity index (χ3n) is 2.82. The lowest BCUT2D eigenvalue weighted by Gasteiger charge is -1.99. The molecule has 0 atom stereocenters. The van der Waals surface area contributed by atoms with Crippen LogP contribution in [0.25, 0.3) is 22.3 Å². The Morgan fingerprint density at radius 2 is 2.18 bits per heavy atom. The summed E-state index contributed by atoms with van der Waals surface area (Å²) in [6, 6.07) is 8.32. The van der Waals surface area contributed by atoms with Crippen LogP contribution in [0.4, 0.5) is 10.3 Å². The van der Waals surface area contributed by atoms with E-state index in [-0.39, 0.29) is 11.7 Å². The van der Waals surface area contributed by atoms with Crippen LogP contribution in [0.2, 0.25) is 0 Å². The van der Waals surface area contributed by atoms with Gasteiger partial charge in [-0.2, -0.15) is 0 Å². The summed E-state index contributed by atoms with van der Waals surface area (Å²) in [5.74, 6) is -0.00783. The van der Waals surface area contributed by atoms with E-state index in [1.54, 1.807) is 18.2 Å². The van der Waals surface area contributed by atoms with E-state index in [9.17, 15) is 4.39 Å². The van der Waals surface area contributed by atoms with E-state index in [4.69, 9.17) is 10.3 Å². The maximum Gasteiger partial charge on any atom is 0.222 e. The van der Waals surface area contributed by atoms with Crippen molar-refractivity contribution in [3.63, 3.8) is 0 Å². The van der Waals surface area contributed by atoms with E-state index < -0.39 is 0 Å². The Kier molecular flexibility index (Phi) is 1.95. The minimum Gasteiger partial charge on any atom is -0.368 e. The maximum absolute atomic E-state index is 13.6. The zero-order chi connectivity index (χ0) is 12.0. The van der Waals surface area contributed by atoms with Gasteiger partial charge in [-0.15, -0.1) is 0 Å². The van der Waals surface area contributed by atoms with Gasteiger partial charge < -0.3 is 14.8 Å². The van der Waals surface area contributed by atoms with Gasteiger partial charge >= 0.3 is 0 Å². The van der Waals surface area contributed by atoms with Gasteiger partial charge in [0.15, 0.2) is 0 Å². The number of benzene rings is 1. The van der Waals surface area contributed by atoms with Gasteiger partial charge in [-0.3, -0.25) is 0 Å². The average molecular weight is 231 g/mol. The average Bonchev–Trinajstić information content (AvgIpc) is 2.85. The highest BCUT2D eigenvalue weighted by atomic mass is 19.1. The second-order valence-corrected chi connectivity index (χ2v) is 3.88. The van der Waals surface area contributed by atoms with Gasteiger partial charge in [0.1, 0.15) is 11.5 Å². The molecule has 2 aromatic heterocycles. The topological polar surface area (TPSA) is 57.0 Å². The van der Waals surface area contributed by atoms with Crippen LogP contribution >= 0.6 is 0 Å². The minimum atomic E-state index is -0.249. The van der Waals surface area contributed by atoms with Crippen LogP contribution in [0.1, 0.15) is 0 Å². The summed E-state index contributed by atoms with van der Waals surface area (Å²) in [5, 5.41) is 4.39. The standard InChI is InChI=1S/C12H10FN3O/c1-16-10-4-2-3-8(13)7(10)5-11(16)9-6-12(14)17-15-9/h2-6H,14H2,1H3. The molecule has 0 aliphatic heterocycles. The van der Waals surface area contributed by atoms with E-state index in [1.807, 2.05) is 17.7 Å². The molecule has 0 aliphatic rings. The number of aryl methyl sites for hydroxylation is 1. The molecule has 0 aliphatic carbocycles. The van der Waals surface area contributed by atoms with Crippen molar-refractivity contribution in [1.82, 2.24) is 9.72 Å². The lowest BCUT2D eigenvalue weighted by atomic mass is 10.2. The van der Waals surface area contributed by atoms with Crippen LogP contribution in [-0.2, 0) is 7.05 Å². The van der Waals surface area contributed by atoms with E-state index >= 15 is 0 Å². The predicted octanol–water partition coefficient (Wildman–Crippen LogP) is 2.55. The smallest absolute Gasteiger partial charge is 0.222 e. The fraction of sp³-hybridized carbons (Fsp3) is 0.0833. The van der Waals surface area contributed by atoms with Crippen LogP contribution < -0.4 is 5.73 Å². The summed E-state index contributed by atoms with van der Waals surface area (Å²) >= 11 is 0. The summed E-state index contributed by atoms with van der Waals surface area (Å²) in [6.07, 6.45) is 0. The first-order valence-corrected chi connectivity index (χ1v) is 5.13. The molecule has 4 nitrogen and oxygen atoms in total. The molecule has 0 saturated carbocycles. The molecule has 0 radical (unpaired) electrons. The number of anilines is 1. The number of nitrogen functional groups attached to an aromatic ring is 1. The molecule has 3 aromatic rings. The van der Waals surface area contributed by atoms with Crippen LogP contribution in [-0.4, -0.2) is 9.72 Å². The highest BCUT2D eigenvalue weighted by Gasteiger charge is 2.13. The van der Waals surface area contributed by atoms with Crippen molar-refractivity contribution in [3.05, 3.63) is 36.1 Å². The van der Waals surface area contributed by atoms with Crippen LogP contribution in [0.5, 0.6) is 0 Å². The Balaban J connectivity index is 2.31. The summed E-state index contributed by atoms with van der Waals surface area (Å²) in [4.78, 5) is 0. The fourth-order valence-electron chi connectivity index (χ4n) is 1.98. The van der Waals surface area contributed by atoms with Crippen molar-refractivity contribution in [3.8, 4) is 11.4 Å². The lowest BCUT2D eigenvalue weighted by Crippen LogP contribution is -1.91. The number of hydrogen-bond donors (Lipinski definition) is 1. The van der Waals surface area contributed by atoms with Gasteiger partial charge in [0.25, 0.3) is 0 Å². The van der Waals surface area contributed by atoms with Crippen LogP contribution in [0, 0.1) is 5.82 Å².